The first-order chi connectivity index (χ1) is 7.82. The summed E-state index contributed by atoms with van der Waals surface area (Å²) in [5, 5.41) is 0.342. The number of rotatable bonds is 1. The van der Waals surface area contributed by atoms with Gasteiger partial charge in [0.2, 0.25) is 0 Å². The molecule has 1 heterocycles. The molecule has 0 atom stereocenters. The van der Waals surface area contributed by atoms with E-state index in [1.165, 1.54) is 36.9 Å². The quantitative estimate of drug-likeness (QED) is 0.701. The van der Waals surface area contributed by atoms with Gasteiger partial charge in [-0.25, -0.2) is 0 Å². The van der Waals surface area contributed by atoms with Crippen LogP contribution >= 0.6 is 0 Å². The van der Waals surface area contributed by atoms with Gasteiger partial charge in [-0.15, -0.1) is 0 Å². The molecule has 0 amide bonds. The van der Waals surface area contributed by atoms with Crippen molar-refractivity contribution in [2.45, 2.75) is 13.1 Å². The molecule has 0 unspecified atom stereocenters. The van der Waals surface area contributed by atoms with Gasteiger partial charge in [0.15, 0.2) is 5.78 Å². The Labute approximate surface area is 95.7 Å². The number of carbonyl (C=O) groups excluding carboxylic acids is 1. The number of fused-ring (bicyclic) bond motifs is 1. The van der Waals surface area contributed by atoms with Crippen molar-refractivity contribution in [1.29, 1.82) is 0 Å². The van der Waals surface area contributed by atoms with Crippen LogP contribution in [0.25, 0.3) is 10.9 Å². The number of aromatic nitrogens is 1. The van der Waals surface area contributed by atoms with Crippen LogP contribution in [0.1, 0.15) is 22.8 Å². The van der Waals surface area contributed by atoms with E-state index in [1.807, 2.05) is 0 Å². The van der Waals surface area contributed by atoms with Gasteiger partial charge in [-0.2, -0.15) is 13.2 Å². The molecule has 0 aliphatic heterocycles. The molecule has 2 aromatic rings. The van der Waals surface area contributed by atoms with Crippen molar-refractivity contribution >= 4 is 16.7 Å². The van der Waals surface area contributed by atoms with Crippen molar-refractivity contribution in [3.63, 3.8) is 0 Å². The predicted molar refractivity (Wildman–Crippen MR) is 57.9 cm³/mol. The SMILES string of the molecule is CC(=O)c1cn(C)c2c(C(F)(F)F)cccc12. The molecule has 0 bridgehead atoms. The topological polar surface area (TPSA) is 22.0 Å². The average molecular weight is 241 g/mol. The van der Waals surface area contributed by atoms with Gasteiger partial charge in [-0.1, -0.05) is 12.1 Å². The molecule has 0 fully saturated rings. The highest BCUT2D eigenvalue weighted by Gasteiger charge is 2.34. The van der Waals surface area contributed by atoms with Gasteiger partial charge in [0, 0.05) is 24.2 Å². The van der Waals surface area contributed by atoms with E-state index >= 15 is 0 Å². The van der Waals surface area contributed by atoms with Gasteiger partial charge in [-0.3, -0.25) is 4.79 Å². The molecule has 17 heavy (non-hydrogen) atoms. The third-order valence-corrected chi connectivity index (χ3v) is 2.69. The zero-order valence-electron chi connectivity index (χ0n) is 9.30. The number of para-hydroxylation sites is 1. The van der Waals surface area contributed by atoms with Gasteiger partial charge in [0.1, 0.15) is 0 Å². The number of ketones is 1. The maximum absolute atomic E-state index is 12.8. The van der Waals surface area contributed by atoms with Crippen LogP contribution in [-0.4, -0.2) is 10.4 Å². The fourth-order valence-corrected chi connectivity index (χ4v) is 1.98. The molecule has 0 spiro atoms. The zero-order valence-corrected chi connectivity index (χ0v) is 9.30. The van der Waals surface area contributed by atoms with Gasteiger partial charge >= 0.3 is 6.18 Å². The fraction of sp³-hybridized carbons (Fsp3) is 0.250. The molecule has 0 radical (unpaired) electrons. The van der Waals surface area contributed by atoms with Crippen LogP contribution in [0.2, 0.25) is 0 Å². The number of benzene rings is 1. The lowest BCUT2D eigenvalue weighted by molar-refractivity contribution is -0.136. The number of hydrogen-bond donors (Lipinski definition) is 0. The van der Waals surface area contributed by atoms with E-state index in [9.17, 15) is 18.0 Å². The molecule has 2 rings (SSSR count). The smallest absolute Gasteiger partial charge is 0.349 e. The Morgan fingerprint density at radius 1 is 1.29 bits per heavy atom. The number of aryl methyl sites for hydroxylation is 1. The van der Waals surface area contributed by atoms with E-state index in [-0.39, 0.29) is 11.3 Å². The molecular weight excluding hydrogens is 231 g/mol. The number of Topliss-reactive ketones (excluding diaryl/α,β-unsaturated/α-hetero) is 1. The van der Waals surface area contributed by atoms with Crippen LogP contribution in [0.5, 0.6) is 0 Å². The minimum Gasteiger partial charge on any atom is -0.349 e. The zero-order chi connectivity index (χ0) is 12.8. The second-order valence-corrected chi connectivity index (χ2v) is 3.91. The summed E-state index contributed by atoms with van der Waals surface area (Å²) in [4.78, 5) is 11.3. The second-order valence-electron chi connectivity index (χ2n) is 3.91. The largest absolute Gasteiger partial charge is 0.418 e. The van der Waals surface area contributed by atoms with E-state index in [4.69, 9.17) is 0 Å². The molecule has 2 nitrogen and oxygen atoms in total. The molecule has 0 aliphatic rings. The summed E-state index contributed by atoms with van der Waals surface area (Å²) in [5.74, 6) is -0.241. The van der Waals surface area contributed by atoms with E-state index in [1.54, 1.807) is 0 Å². The molecular formula is C12H10F3NO. The number of alkyl halides is 3. The van der Waals surface area contributed by atoms with Gasteiger partial charge < -0.3 is 4.57 Å². The highest BCUT2D eigenvalue weighted by Crippen LogP contribution is 2.36. The van der Waals surface area contributed by atoms with Gasteiger partial charge in [0.25, 0.3) is 0 Å². The summed E-state index contributed by atoms with van der Waals surface area (Å²) in [6, 6.07) is 3.87. The van der Waals surface area contributed by atoms with E-state index < -0.39 is 11.7 Å². The summed E-state index contributed by atoms with van der Waals surface area (Å²) in [5.41, 5.74) is -0.358. The number of halogens is 3. The van der Waals surface area contributed by atoms with Crippen LogP contribution in [0.15, 0.2) is 24.4 Å². The molecule has 0 saturated heterocycles. The molecule has 0 aliphatic carbocycles. The summed E-state index contributed by atoms with van der Waals surface area (Å²) in [7, 11) is 1.50. The van der Waals surface area contributed by atoms with Crippen molar-refractivity contribution < 1.29 is 18.0 Å². The first kappa shape index (κ1) is 11.7. The van der Waals surface area contributed by atoms with Crippen molar-refractivity contribution in [2.75, 3.05) is 0 Å². The third kappa shape index (κ3) is 1.81. The molecule has 0 N–H and O–H groups in total. The molecule has 0 saturated carbocycles. The first-order valence-corrected chi connectivity index (χ1v) is 4.98. The lowest BCUT2D eigenvalue weighted by Gasteiger charge is -2.09. The van der Waals surface area contributed by atoms with E-state index in [0.29, 0.717) is 10.9 Å². The Bertz CT molecular complexity index is 596. The minimum absolute atomic E-state index is 0.0465. The van der Waals surface area contributed by atoms with Crippen molar-refractivity contribution in [2.24, 2.45) is 7.05 Å². The lowest BCUT2D eigenvalue weighted by atomic mass is 10.1. The van der Waals surface area contributed by atoms with E-state index in [2.05, 4.69) is 0 Å². The summed E-state index contributed by atoms with van der Waals surface area (Å²) < 4.78 is 39.8. The van der Waals surface area contributed by atoms with Gasteiger partial charge in [-0.05, 0) is 13.0 Å². The average Bonchev–Trinajstić information content (AvgIpc) is 2.55. The minimum atomic E-state index is -4.42. The van der Waals surface area contributed by atoms with Crippen molar-refractivity contribution in [1.82, 2.24) is 4.57 Å². The maximum atomic E-state index is 12.8. The molecule has 1 aromatic heterocycles. The molecule has 5 heteroatoms. The third-order valence-electron chi connectivity index (χ3n) is 2.69. The Morgan fingerprint density at radius 2 is 1.94 bits per heavy atom. The Morgan fingerprint density at radius 3 is 2.47 bits per heavy atom. The monoisotopic (exact) mass is 241 g/mol. The number of nitrogens with zero attached hydrogens (tertiary/aromatic N) is 1. The molecule has 90 valence electrons. The van der Waals surface area contributed by atoms with Crippen molar-refractivity contribution in [3.8, 4) is 0 Å². The van der Waals surface area contributed by atoms with Gasteiger partial charge in [0.05, 0.1) is 11.1 Å². The summed E-state index contributed by atoms with van der Waals surface area (Å²) >= 11 is 0. The van der Waals surface area contributed by atoms with E-state index in [0.717, 1.165) is 6.07 Å². The summed E-state index contributed by atoms with van der Waals surface area (Å²) in [6.07, 6.45) is -2.98. The first-order valence-electron chi connectivity index (χ1n) is 4.98. The highest BCUT2D eigenvalue weighted by atomic mass is 19.4. The van der Waals surface area contributed by atoms with Crippen LogP contribution in [0.4, 0.5) is 13.2 Å². The van der Waals surface area contributed by atoms with Crippen LogP contribution in [-0.2, 0) is 13.2 Å². The Kier molecular flexibility index (Phi) is 2.49. The molecule has 1 aromatic carbocycles. The Balaban J connectivity index is 2.87. The normalized spacial score (nSPS) is 12.1. The van der Waals surface area contributed by atoms with Crippen molar-refractivity contribution in [3.05, 3.63) is 35.5 Å². The second kappa shape index (κ2) is 3.61. The standard InChI is InChI=1S/C12H10F3NO/c1-7(17)9-6-16(2)11-8(9)4-3-5-10(11)12(13,14)15/h3-6H,1-2H3. The highest BCUT2D eigenvalue weighted by molar-refractivity contribution is 6.07. The number of hydrogen-bond acceptors (Lipinski definition) is 1. The van der Waals surface area contributed by atoms with Crippen LogP contribution < -0.4 is 0 Å². The fourth-order valence-electron chi connectivity index (χ4n) is 1.98. The van der Waals surface area contributed by atoms with Crippen LogP contribution in [0, 0.1) is 0 Å². The maximum Gasteiger partial charge on any atom is 0.418 e. The number of carbonyl (C=O) groups is 1. The van der Waals surface area contributed by atoms with Crippen LogP contribution in [0.3, 0.4) is 0 Å². The lowest BCUT2D eigenvalue weighted by Crippen LogP contribution is -2.07. The summed E-state index contributed by atoms with van der Waals surface area (Å²) in [6.45, 7) is 1.34. The predicted octanol–water partition coefficient (Wildman–Crippen LogP) is 3.40. The Hall–Kier alpha value is -1.78.